The summed E-state index contributed by atoms with van der Waals surface area (Å²) < 4.78 is 5.17. The first-order chi connectivity index (χ1) is 7.83. The molecule has 0 atom stereocenters. The Balaban J connectivity index is 2.27. The standard InChI is InChI=1S/C12H15N3O/c1-16-11-4-2-3-9(7-11)12-8-10(5-6-13)14-15-12/h2-4,7-8H,5-6,13H2,1H3,(H,14,15). The van der Waals surface area contributed by atoms with E-state index < -0.39 is 0 Å². The third-order valence-electron chi connectivity index (χ3n) is 2.41. The Morgan fingerprint density at radius 3 is 3.00 bits per heavy atom. The second kappa shape index (κ2) is 4.81. The molecule has 3 N–H and O–H groups in total. The molecule has 0 saturated heterocycles. The van der Waals surface area contributed by atoms with E-state index in [4.69, 9.17) is 10.5 Å². The third-order valence-corrected chi connectivity index (χ3v) is 2.41. The molecule has 1 aromatic carbocycles. The van der Waals surface area contributed by atoms with Gasteiger partial charge in [0.15, 0.2) is 0 Å². The van der Waals surface area contributed by atoms with Crippen LogP contribution in [0.4, 0.5) is 0 Å². The molecule has 0 radical (unpaired) electrons. The number of aromatic amines is 1. The molecule has 2 aromatic rings. The predicted octanol–water partition coefficient (Wildman–Crippen LogP) is 1.59. The highest BCUT2D eigenvalue weighted by Crippen LogP contribution is 2.22. The first-order valence-corrected chi connectivity index (χ1v) is 5.22. The molecule has 0 amide bonds. The van der Waals surface area contributed by atoms with E-state index in [1.54, 1.807) is 7.11 Å². The first-order valence-electron chi connectivity index (χ1n) is 5.22. The Labute approximate surface area is 94.4 Å². The van der Waals surface area contributed by atoms with Gasteiger partial charge in [-0.05, 0) is 24.7 Å². The summed E-state index contributed by atoms with van der Waals surface area (Å²) >= 11 is 0. The molecule has 0 aliphatic carbocycles. The first kappa shape index (κ1) is 10.7. The lowest BCUT2D eigenvalue weighted by Gasteiger charge is -2.00. The molecule has 2 rings (SSSR count). The third kappa shape index (κ3) is 2.23. The fourth-order valence-electron chi connectivity index (χ4n) is 1.58. The van der Waals surface area contributed by atoms with Gasteiger partial charge in [-0.25, -0.2) is 0 Å². The minimum Gasteiger partial charge on any atom is -0.497 e. The molecule has 0 spiro atoms. The Hall–Kier alpha value is -1.81. The van der Waals surface area contributed by atoms with Gasteiger partial charge >= 0.3 is 0 Å². The molecule has 0 aliphatic rings. The molecule has 4 nitrogen and oxygen atoms in total. The summed E-state index contributed by atoms with van der Waals surface area (Å²) in [5.41, 5.74) is 8.50. The van der Waals surface area contributed by atoms with Crippen LogP contribution < -0.4 is 10.5 Å². The van der Waals surface area contributed by atoms with Crippen LogP contribution in [-0.4, -0.2) is 23.9 Å². The minimum absolute atomic E-state index is 0.625. The second-order valence-corrected chi connectivity index (χ2v) is 3.55. The molecule has 0 bridgehead atoms. The summed E-state index contributed by atoms with van der Waals surface area (Å²) in [5.74, 6) is 0.834. The van der Waals surface area contributed by atoms with Crippen molar-refractivity contribution in [1.82, 2.24) is 10.2 Å². The van der Waals surface area contributed by atoms with Gasteiger partial charge in [-0.15, -0.1) is 0 Å². The van der Waals surface area contributed by atoms with E-state index in [-0.39, 0.29) is 0 Å². The molecule has 1 aromatic heterocycles. The highest BCUT2D eigenvalue weighted by Gasteiger charge is 2.04. The number of hydrogen-bond acceptors (Lipinski definition) is 3. The Morgan fingerprint density at radius 1 is 1.38 bits per heavy atom. The number of nitrogens with one attached hydrogen (secondary N) is 1. The van der Waals surface area contributed by atoms with Crippen LogP contribution in [0.15, 0.2) is 30.3 Å². The zero-order valence-corrected chi connectivity index (χ0v) is 9.23. The zero-order chi connectivity index (χ0) is 11.4. The number of nitrogens with zero attached hydrogens (tertiary/aromatic N) is 1. The summed E-state index contributed by atoms with van der Waals surface area (Å²) in [7, 11) is 1.66. The van der Waals surface area contributed by atoms with Gasteiger partial charge in [-0.1, -0.05) is 12.1 Å². The molecular weight excluding hydrogens is 202 g/mol. The molecule has 0 fully saturated rings. The van der Waals surface area contributed by atoms with Crippen LogP contribution in [0.1, 0.15) is 5.69 Å². The average molecular weight is 217 g/mol. The molecule has 0 aliphatic heterocycles. The van der Waals surface area contributed by atoms with Crippen molar-refractivity contribution in [2.45, 2.75) is 6.42 Å². The maximum Gasteiger partial charge on any atom is 0.119 e. The van der Waals surface area contributed by atoms with Crippen LogP contribution >= 0.6 is 0 Å². The summed E-state index contributed by atoms with van der Waals surface area (Å²) in [4.78, 5) is 0. The number of rotatable bonds is 4. The minimum atomic E-state index is 0.625. The SMILES string of the molecule is COc1cccc(-c2cc(CCN)[nH]n2)c1. The van der Waals surface area contributed by atoms with E-state index in [1.165, 1.54) is 0 Å². The van der Waals surface area contributed by atoms with Gasteiger partial charge in [-0.3, -0.25) is 5.10 Å². The summed E-state index contributed by atoms with van der Waals surface area (Å²) in [5, 5.41) is 7.22. The van der Waals surface area contributed by atoms with Gasteiger partial charge in [0.05, 0.1) is 12.8 Å². The van der Waals surface area contributed by atoms with Gasteiger partial charge < -0.3 is 10.5 Å². The largest absolute Gasteiger partial charge is 0.497 e. The summed E-state index contributed by atoms with van der Waals surface area (Å²) in [6, 6.07) is 9.84. The number of hydrogen-bond donors (Lipinski definition) is 2. The van der Waals surface area contributed by atoms with Crippen molar-refractivity contribution in [3.63, 3.8) is 0 Å². The molecule has 0 saturated carbocycles. The van der Waals surface area contributed by atoms with Crippen LogP contribution in [-0.2, 0) is 6.42 Å². The van der Waals surface area contributed by atoms with Crippen LogP contribution in [0.25, 0.3) is 11.3 Å². The van der Waals surface area contributed by atoms with Crippen molar-refractivity contribution in [1.29, 1.82) is 0 Å². The van der Waals surface area contributed by atoms with E-state index in [0.29, 0.717) is 6.54 Å². The van der Waals surface area contributed by atoms with Crippen molar-refractivity contribution in [3.05, 3.63) is 36.0 Å². The molecule has 16 heavy (non-hydrogen) atoms. The Bertz CT molecular complexity index is 465. The Morgan fingerprint density at radius 2 is 2.25 bits per heavy atom. The van der Waals surface area contributed by atoms with Gasteiger partial charge in [0, 0.05) is 17.7 Å². The number of methoxy groups -OCH3 is 1. The van der Waals surface area contributed by atoms with Crippen molar-refractivity contribution >= 4 is 0 Å². The van der Waals surface area contributed by atoms with Gasteiger partial charge in [0.25, 0.3) is 0 Å². The summed E-state index contributed by atoms with van der Waals surface area (Å²) in [6.07, 6.45) is 0.816. The van der Waals surface area contributed by atoms with Crippen LogP contribution in [0, 0.1) is 0 Å². The number of benzene rings is 1. The molecular formula is C12H15N3O. The molecule has 1 heterocycles. The number of H-pyrrole nitrogens is 1. The van der Waals surface area contributed by atoms with Crippen LogP contribution in [0.2, 0.25) is 0 Å². The molecule has 4 heteroatoms. The zero-order valence-electron chi connectivity index (χ0n) is 9.23. The van der Waals surface area contributed by atoms with E-state index in [0.717, 1.165) is 29.1 Å². The van der Waals surface area contributed by atoms with E-state index in [1.807, 2.05) is 30.3 Å². The monoisotopic (exact) mass is 217 g/mol. The van der Waals surface area contributed by atoms with E-state index in [9.17, 15) is 0 Å². The van der Waals surface area contributed by atoms with Crippen molar-refractivity contribution in [3.8, 4) is 17.0 Å². The van der Waals surface area contributed by atoms with Gasteiger partial charge in [0.1, 0.15) is 5.75 Å². The van der Waals surface area contributed by atoms with Crippen LogP contribution in [0.5, 0.6) is 5.75 Å². The van der Waals surface area contributed by atoms with E-state index >= 15 is 0 Å². The topological polar surface area (TPSA) is 63.9 Å². The van der Waals surface area contributed by atoms with E-state index in [2.05, 4.69) is 10.2 Å². The lowest BCUT2D eigenvalue weighted by molar-refractivity contribution is 0.415. The summed E-state index contributed by atoms with van der Waals surface area (Å²) in [6.45, 7) is 0.625. The normalized spacial score (nSPS) is 10.4. The van der Waals surface area contributed by atoms with Crippen molar-refractivity contribution in [2.75, 3.05) is 13.7 Å². The fourth-order valence-corrected chi connectivity index (χ4v) is 1.58. The molecule has 84 valence electrons. The highest BCUT2D eigenvalue weighted by atomic mass is 16.5. The number of nitrogens with two attached hydrogens (primary N) is 1. The number of aromatic nitrogens is 2. The maximum absolute atomic E-state index is 5.49. The van der Waals surface area contributed by atoms with Crippen LogP contribution in [0.3, 0.4) is 0 Å². The Kier molecular flexibility index (Phi) is 3.22. The van der Waals surface area contributed by atoms with Crippen molar-refractivity contribution in [2.24, 2.45) is 5.73 Å². The molecule has 0 unspecified atom stereocenters. The van der Waals surface area contributed by atoms with Gasteiger partial charge in [-0.2, -0.15) is 5.10 Å². The highest BCUT2D eigenvalue weighted by molar-refractivity contribution is 5.61. The second-order valence-electron chi connectivity index (χ2n) is 3.55. The lowest BCUT2D eigenvalue weighted by atomic mass is 10.1. The van der Waals surface area contributed by atoms with Gasteiger partial charge in [0.2, 0.25) is 0 Å². The average Bonchev–Trinajstić information content (AvgIpc) is 2.78. The number of ether oxygens (including phenoxy) is 1. The quantitative estimate of drug-likeness (QED) is 0.817. The fraction of sp³-hybridized carbons (Fsp3) is 0.250. The van der Waals surface area contributed by atoms with Crippen molar-refractivity contribution < 1.29 is 4.74 Å². The predicted molar refractivity (Wildman–Crippen MR) is 63.3 cm³/mol. The lowest BCUT2D eigenvalue weighted by Crippen LogP contribution is -2.02. The smallest absolute Gasteiger partial charge is 0.119 e. The maximum atomic E-state index is 5.49.